The Hall–Kier alpha value is -2.59. The van der Waals surface area contributed by atoms with Crippen LogP contribution in [-0.2, 0) is 0 Å². The topological polar surface area (TPSA) is 80.8 Å². The van der Waals surface area contributed by atoms with Gasteiger partial charge in [-0.05, 0) is 43.9 Å². The zero-order valence-corrected chi connectivity index (χ0v) is 14.5. The van der Waals surface area contributed by atoms with E-state index in [1.165, 1.54) is 11.8 Å². The van der Waals surface area contributed by atoms with E-state index in [1.807, 2.05) is 25.3 Å². The molecule has 0 saturated heterocycles. The summed E-state index contributed by atoms with van der Waals surface area (Å²) < 4.78 is 0. The van der Waals surface area contributed by atoms with E-state index in [4.69, 9.17) is 0 Å². The number of hydrogen-bond acceptors (Lipinski definition) is 7. The van der Waals surface area contributed by atoms with Crippen LogP contribution in [0.2, 0.25) is 0 Å². The first-order chi connectivity index (χ1) is 11.5. The fourth-order valence-electron chi connectivity index (χ4n) is 2.78. The molecule has 2 aliphatic heterocycles. The summed E-state index contributed by atoms with van der Waals surface area (Å²) in [6, 6.07) is 7.76. The van der Waals surface area contributed by atoms with E-state index in [1.54, 1.807) is 24.2 Å². The van der Waals surface area contributed by atoms with Crippen LogP contribution >= 0.6 is 11.8 Å². The number of nitrogens with one attached hydrogen (secondary N) is 1. The minimum atomic E-state index is -0.107. The van der Waals surface area contributed by atoms with Crippen molar-refractivity contribution in [1.29, 1.82) is 5.26 Å². The van der Waals surface area contributed by atoms with Crippen molar-refractivity contribution in [1.82, 2.24) is 5.01 Å². The molecule has 2 heterocycles. The number of benzene rings is 1. The predicted octanol–water partition coefficient (Wildman–Crippen LogP) is 3.14. The van der Waals surface area contributed by atoms with E-state index in [9.17, 15) is 10.1 Å². The fraction of sp³-hybridized carbons (Fsp3) is 0.294. The van der Waals surface area contributed by atoms with Gasteiger partial charge in [-0.3, -0.25) is 4.79 Å². The lowest BCUT2D eigenvalue weighted by atomic mass is 10.0. The summed E-state index contributed by atoms with van der Waals surface area (Å²) in [6.07, 6.45) is 4.32. The third-order valence-electron chi connectivity index (χ3n) is 3.92. The van der Waals surface area contributed by atoms with Gasteiger partial charge in [0.25, 0.3) is 0 Å². The molecule has 6 nitrogen and oxygen atoms in total. The lowest BCUT2D eigenvalue weighted by molar-refractivity contribution is 0.101. The predicted molar refractivity (Wildman–Crippen MR) is 97.1 cm³/mol. The Morgan fingerprint density at radius 1 is 1.50 bits per heavy atom. The molecule has 1 atom stereocenters. The van der Waals surface area contributed by atoms with E-state index in [0.29, 0.717) is 22.0 Å². The second kappa shape index (κ2) is 6.49. The van der Waals surface area contributed by atoms with Gasteiger partial charge in [0.05, 0.1) is 0 Å². The summed E-state index contributed by atoms with van der Waals surface area (Å²) >= 11 is 1.45. The van der Waals surface area contributed by atoms with Crippen LogP contribution in [0.1, 0.15) is 29.3 Å². The van der Waals surface area contributed by atoms with Gasteiger partial charge < -0.3 is 5.32 Å². The van der Waals surface area contributed by atoms with Crippen molar-refractivity contribution in [2.24, 2.45) is 10.1 Å². The van der Waals surface area contributed by atoms with Crippen LogP contribution < -0.4 is 5.32 Å². The number of aryl methyl sites for hydroxylation is 1. The fourth-order valence-corrected chi connectivity index (χ4v) is 3.36. The highest BCUT2D eigenvalue weighted by Crippen LogP contribution is 2.31. The summed E-state index contributed by atoms with van der Waals surface area (Å²) in [5.74, 6) is 0.667. The van der Waals surface area contributed by atoms with Crippen LogP contribution in [0.15, 0.2) is 39.7 Å². The monoisotopic (exact) mass is 339 g/mol. The van der Waals surface area contributed by atoms with Crippen molar-refractivity contribution < 1.29 is 4.79 Å². The number of aliphatic imine (C=N–C) groups is 1. The second-order valence-electron chi connectivity index (χ2n) is 5.54. The van der Waals surface area contributed by atoms with Crippen molar-refractivity contribution >= 4 is 34.5 Å². The van der Waals surface area contributed by atoms with Crippen molar-refractivity contribution in [3.63, 3.8) is 0 Å². The molecule has 0 bridgehead atoms. The molecule has 122 valence electrons. The molecule has 3 rings (SSSR count). The number of hydrazone groups is 1. The first kappa shape index (κ1) is 16.3. The third kappa shape index (κ3) is 2.81. The highest BCUT2D eigenvalue weighted by molar-refractivity contribution is 8.13. The van der Waals surface area contributed by atoms with E-state index in [2.05, 4.69) is 21.5 Å². The zero-order chi connectivity index (χ0) is 17.3. The molecule has 1 unspecified atom stereocenters. The molecule has 24 heavy (non-hydrogen) atoms. The molecule has 0 aliphatic carbocycles. The Balaban J connectivity index is 2.00. The van der Waals surface area contributed by atoms with Gasteiger partial charge in [0.15, 0.2) is 5.78 Å². The number of anilines is 1. The molecule has 0 saturated carbocycles. The summed E-state index contributed by atoms with van der Waals surface area (Å²) in [7, 11) is 0. The van der Waals surface area contributed by atoms with Gasteiger partial charge in [0.1, 0.15) is 28.7 Å². The minimum Gasteiger partial charge on any atom is -0.339 e. The number of carbonyl (C=O) groups is 1. The SMILES string of the molecule is CSC1=NC2CC=NN2C(Nc2ccc(C(C)=O)c(C)c2)=C1C#N. The van der Waals surface area contributed by atoms with Crippen LogP contribution in [-0.4, -0.2) is 34.5 Å². The van der Waals surface area contributed by atoms with Crippen LogP contribution in [0.3, 0.4) is 0 Å². The number of nitriles is 1. The highest BCUT2D eigenvalue weighted by atomic mass is 32.2. The number of fused-ring (bicyclic) bond motifs is 1. The molecule has 1 N–H and O–H groups in total. The van der Waals surface area contributed by atoms with Gasteiger partial charge in [-0.25, -0.2) is 10.0 Å². The molecule has 0 fully saturated rings. The average molecular weight is 339 g/mol. The van der Waals surface area contributed by atoms with E-state index < -0.39 is 0 Å². The maximum absolute atomic E-state index is 11.6. The molecular formula is C17H17N5OS. The largest absolute Gasteiger partial charge is 0.339 e. The van der Waals surface area contributed by atoms with Crippen molar-refractivity contribution in [2.75, 3.05) is 11.6 Å². The Labute approximate surface area is 144 Å². The van der Waals surface area contributed by atoms with Gasteiger partial charge in [0, 0.05) is 23.9 Å². The molecule has 0 radical (unpaired) electrons. The first-order valence-electron chi connectivity index (χ1n) is 7.52. The molecule has 0 amide bonds. The smallest absolute Gasteiger partial charge is 0.160 e. The minimum absolute atomic E-state index is 0.0367. The van der Waals surface area contributed by atoms with Gasteiger partial charge >= 0.3 is 0 Å². The van der Waals surface area contributed by atoms with Gasteiger partial charge in [-0.1, -0.05) is 0 Å². The van der Waals surface area contributed by atoms with Crippen LogP contribution in [0.4, 0.5) is 5.69 Å². The number of hydrogen-bond donors (Lipinski definition) is 1. The first-order valence-corrected chi connectivity index (χ1v) is 8.74. The van der Waals surface area contributed by atoms with Gasteiger partial charge in [-0.15, -0.1) is 11.8 Å². The Kier molecular flexibility index (Phi) is 4.40. The van der Waals surface area contributed by atoms with Crippen molar-refractivity contribution in [3.8, 4) is 6.07 Å². The number of carbonyl (C=O) groups excluding carboxylic acids is 1. The number of nitrogens with zero attached hydrogens (tertiary/aromatic N) is 4. The third-order valence-corrected chi connectivity index (χ3v) is 4.62. The van der Waals surface area contributed by atoms with Crippen molar-refractivity contribution in [2.45, 2.75) is 26.4 Å². The van der Waals surface area contributed by atoms with Crippen LogP contribution in [0, 0.1) is 18.3 Å². The quantitative estimate of drug-likeness (QED) is 0.856. The maximum atomic E-state index is 11.6. The Morgan fingerprint density at radius 2 is 2.29 bits per heavy atom. The van der Waals surface area contributed by atoms with Crippen LogP contribution in [0.5, 0.6) is 0 Å². The molecule has 2 aliphatic rings. The lowest BCUT2D eigenvalue weighted by Crippen LogP contribution is -2.34. The van der Waals surface area contributed by atoms with E-state index >= 15 is 0 Å². The molecule has 0 aromatic heterocycles. The molecule has 1 aromatic rings. The lowest BCUT2D eigenvalue weighted by Gasteiger charge is -2.29. The Bertz CT molecular complexity index is 834. The average Bonchev–Trinajstić information content (AvgIpc) is 3.02. The normalized spacial score (nSPS) is 19.0. The molecule has 1 aromatic carbocycles. The van der Waals surface area contributed by atoms with Crippen molar-refractivity contribution in [3.05, 3.63) is 40.7 Å². The number of ketones is 1. The van der Waals surface area contributed by atoms with Gasteiger partial charge in [-0.2, -0.15) is 10.4 Å². The Morgan fingerprint density at radius 3 is 2.92 bits per heavy atom. The summed E-state index contributed by atoms with van der Waals surface area (Å²) in [5, 5.41) is 19.6. The van der Waals surface area contributed by atoms with Gasteiger partial charge in [0.2, 0.25) is 0 Å². The highest BCUT2D eigenvalue weighted by Gasteiger charge is 2.32. The molecule has 7 heteroatoms. The van der Waals surface area contributed by atoms with E-state index in [-0.39, 0.29) is 11.9 Å². The standard InChI is InChI=1S/C17H17N5OS/c1-10-8-12(4-5-13(10)11(2)23)20-16-14(9-18)17(24-3)21-15-6-7-19-22(15)16/h4-5,7-8,15,20H,6H2,1-3H3. The summed E-state index contributed by atoms with van der Waals surface area (Å²) in [4.78, 5) is 16.2. The number of Topliss-reactive ketones (excluding diaryl/α,β-unsaturated/α-hetero) is 1. The van der Waals surface area contributed by atoms with Crippen LogP contribution in [0.25, 0.3) is 0 Å². The second-order valence-corrected chi connectivity index (χ2v) is 6.34. The number of thioether (sulfide) groups is 1. The zero-order valence-electron chi connectivity index (χ0n) is 13.7. The van der Waals surface area contributed by atoms with E-state index in [0.717, 1.165) is 17.7 Å². The summed E-state index contributed by atoms with van der Waals surface area (Å²) in [6.45, 7) is 3.45. The maximum Gasteiger partial charge on any atom is 0.160 e. The molecule has 0 spiro atoms. The molecular weight excluding hydrogens is 322 g/mol. The summed E-state index contributed by atoms with van der Waals surface area (Å²) in [5.41, 5.74) is 2.87. The number of rotatable bonds is 3.